The van der Waals surface area contributed by atoms with Crippen LogP contribution in [0.1, 0.15) is 47.5 Å². The SMILES string of the molecule is CCCC1C(C)C(C)C(C)C1C. The number of rotatable bonds is 2. The zero-order valence-corrected chi connectivity index (χ0v) is 9.30. The number of hydrogen-bond donors (Lipinski definition) is 0. The fourth-order valence-electron chi connectivity index (χ4n) is 3.08. The van der Waals surface area contributed by atoms with Gasteiger partial charge in [0.25, 0.3) is 0 Å². The molecular formula is C12H24. The lowest BCUT2D eigenvalue weighted by Gasteiger charge is -2.20. The minimum absolute atomic E-state index is 0.941. The highest BCUT2D eigenvalue weighted by atomic mass is 14.4. The summed E-state index contributed by atoms with van der Waals surface area (Å²) in [4.78, 5) is 0. The molecular weight excluding hydrogens is 144 g/mol. The third-order valence-corrected chi connectivity index (χ3v) is 4.46. The van der Waals surface area contributed by atoms with Gasteiger partial charge in [0, 0.05) is 0 Å². The Balaban J connectivity index is 2.62. The molecule has 1 fully saturated rings. The smallest absolute Gasteiger partial charge is 0.0357 e. The highest BCUT2D eigenvalue weighted by Gasteiger charge is 2.40. The van der Waals surface area contributed by atoms with Crippen LogP contribution in [0.5, 0.6) is 0 Å². The van der Waals surface area contributed by atoms with Gasteiger partial charge in [-0.2, -0.15) is 0 Å². The molecule has 0 amide bonds. The van der Waals surface area contributed by atoms with E-state index in [0.717, 1.165) is 29.6 Å². The summed E-state index contributed by atoms with van der Waals surface area (Å²) < 4.78 is 0. The van der Waals surface area contributed by atoms with Crippen LogP contribution in [0.15, 0.2) is 0 Å². The Morgan fingerprint density at radius 2 is 1.17 bits per heavy atom. The molecule has 0 aromatic carbocycles. The van der Waals surface area contributed by atoms with Crippen molar-refractivity contribution in [2.75, 3.05) is 0 Å². The molecule has 0 N–H and O–H groups in total. The Hall–Kier alpha value is 0. The van der Waals surface area contributed by atoms with Gasteiger partial charge in [-0.25, -0.2) is 0 Å². The standard InChI is InChI=1S/C12H24/c1-6-7-12-10(4)8(2)9(3)11(12)5/h8-12H,6-7H2,1-5H3. The van der Waals surface area contributed by atoms with Gasteiger partial charge in [0.15, 0.2) is 0 Å². The molecule has 4 unspecified atom stereocenters. The summed E-state index contributed by atoms with van der Waals surface area (Å²) in [6.07, 6.45) is 2.80. The fraction of sp³-hybridized carbons (Fsp3) is 1.00. The van der Waals surface area contributed by atoms with E-state index < -0.39 is 0 Å². The first kappa shape index (κ1) is 10.1. The summed E-state index contributed by atoms with van der Waals surface area (Å²) in [7, 11) is 0. The van der Waals surface area contributed by atoms with Crippen molar-refractivity contribution < 1.29 is 0 Å². The second-order valence-electron chi connectivity index (χ2n) is 4.89. The van der Waals surface area contributed by atoms with E-state index >= 15 is 0 Å². The predicted octanol–water partition coefficient (Wildman–Crippen LogP) is 3.96. The minimum atomic E-state index is 0.941. The second kappa shape index (κ2) is 3.81. The molecule has 0 radical (unpaired) electrons. The molecule has 0 heterocycles. The molecule has 0 saturated heterocycles. The highest BCUT2D eigenvalue weighted by Crippen LogP contribution is 2.47. The molecule has 12 heavy (non-hydrogen) atoms. The fourth-order valence-corrected chi connectivity index (χ4v) is 3.08. The molecule has 0 heteroatoms. The van der Waals surface area contributed by atoms with Crippen LogP contribution in [0, 0.1) is 29.6 Å². The van der Waals surface area contributed by atoms with Crippen LogP contribution in [-0.2, 0) is 0 Å². The zero-order chi connectivity index (χ0) is 9.30. The maximum atomic E-state index is 2.45. The molecule has 0 spiro atoms. The van der Waals surface area contributed by atoms with Crippen LogP contribution in [0.2, 0.25) is 0 Å². The van der Waals surface area contributed by atoms with Gasteiger partial charge >= 0.3 is 0 Å². The van der Waals surface area contributed by atoms with Crippen molar-refractivity contribution in [1.82, 2.24) is 0 Å². The Kier molecular flexibility index (Phi) is 3.20. The van der Waals surface area contributed by atoms with Gasteiger partial charge in [-0.3, -0.25) is 0 Å². The lowest BCUT2D eigenvalue weighted by Crippen LogP contribution is -2.12. The largest absolute Gasteiger partial charge is 0.0654 e. The molecule has 0 bridgehead atoms. The molecule has 0 aliphatic heterocycles. The lowest BCUT2D eigenvalue weighted by atomic mass is 9.86. The summed E-state index contributed by atoms with van der Waals surface area (Å²) in [6.45, 7) is 12.1. The third-order valence-electron chi connectivity index (χ3n) is 4.46. The quantitative estimate of drug-likeness (QED) is 0.585. The van der Waals surface area contributed by atoms with Gasteiger partial charge in [-0.15, -0.1) is 0 Å². The van der Waals surface area contributed by atoms with Gasteiger partial charge in [0.1, 0.15) is 0 Å². The van der Waals surface area contributed by atoms with Crippen LogP contribution in [0.3, 0.4) is 0 Å². The Morgan fingerprint density at radius 1 is 0.750 bits per heavy atom. The lowest BCUT2D eigenvalue weighted by molar-refractivity contribution is 0.297. The van der Waals surface area contributed by atoms with Gasteiger partial charge in [0.2, 0.25) is 0 Å². The predicted molar refractivity (Wildman–Crippen MR) is 55.1 cm³/mol. The van der Waals surface area contributed by atoms with Crippen LogP contribution in [-0.4, -0.2) is 0 Å². The Bertz CT molecular complexity index is 125. The third kappa shape index (κ3) is 1.53. The van der Waals surface area contributed by atoms with Crippen LogP contribution >= 0.6 is 0 Å². The topological polar surface area (TPSA) is 0 Å². The molecule has 0 nitrogen and oxygen atoms in total. The normalized spacial score (nSPS) is 48.2. The Morgan fingerprint density at radius 3 is 1.50 bits per heavy atom. The summed E-state index contributed by atoms with van der Waals surface area (Å²) in [5.74, 6) is 4.79. The van der Waals surface area contributed by atoms with Gasteiger partial charge < -0.3 is 0 Å². The molecule has 1 aliphatic carbocycles. The molecule has 4 atom stereocenters. The van der Waals surface area contributed by atoms with E-state index in [-0.39, 0.29) is 0 Å². The molecule has 1 aliphatic rings. The molecule has 0 aromatic rings. The van der Waals surface area contributed by atoms with E-state index in [1.165, 1.54) is 12.8 Å². The Labute approximate surface area is 77.7 Å². The van der Waals surface area contributed by atoms with Gasteiger partial charge in [-0.1, -0.05) is 47.5 Å². The summed E-state index contributed by atoms with van der Waals surface area (Å²) in [5, 5.41) is 0. The molecule has 0 aromatic heterocycles. The minimum Gasteiger partial charge on any atom is -0.0654 e. The zero-order valence-electron chi connectivity index (χ0n) is 9.30. The van der Waals surface area contributed by atoms with E-state index in [0.29, 0.717) is 0 Å². The van der Waals surface area contributed by atoms with Crippen molar-refractivity contribution in [3.05, 3.63) is 0 Å². The molecule has 1 rings (SSSR count). The average molecular weight is 168 g/mol. The van der Waals surface area contributed by atoms with E-state index in [1.54, 1.807) is 0 Å². The van der Waals surface area contributed by atoms with E-state index in [9.17, 15) is 0 Å². The van der Waals surface area contributed by atoms with E-state index in [2.05, 4.69) is 34.6 Å². The summed E-state index contributed by atoms with van der Waals surface area (Å²) in [5.41, 5.74) is 0. The number of hydrogen-bond acceptors (Lipinski definition) is 0. The van der Waals surface area contributed by atoms with E-state index in [4.69, 9.17) is 0 Å². The first-order valence-electron chi connectivity index (χ1n) is 5.59. The second-order valence-corrected chi connectivity index (χ2v) is 4.89. The van der Waals surface area contributed by atoms with Gasteiger partial charge in [-0.05, 0) is 29.6 Å². The average Bonchev–Trinajstić information content (AvgIpc) is 2.23. The molecule has 1 saturated carbocycles. The summed E-state index contributed by atoms with van der Waals surface area (Å²) >= 11 is 0. The molecule has 72 valence electrons. The van der Waals surface area contributed by atoms with Crippen molar-refractivity contribution in [2.24, 2.45) is 29.6 Å². The van der Waals surface area contributed by atoms with Crippen LogP contribution in [0.4, 0.5) is 0 Å². The summed E-state index contributed by atoms with van der Waals surface area (Å²) in [6, 6.07) is 0. The van der Waals surface area contributed by atoms with Crippen molar-refractivity contribution in [3.63, 3.8) is 0 Å². The first-order chi connectivity index (χ1) is 5.59. The monoisotopic (exact) mass is 168 g/mol. The van der Waals surface area contributed by atoms with Crippen molar-refractivity contribution in [2.45, 2.75) is 47.5 Å². The highest BCUT2D eigenvalue weighted by molar-refractivity contribution is 4.88. The van der Waals surface area contributed by atoms with Crippen molar-refractivity contribution in [3.8, 4) is 0 Å². The van der Waals surface area contributed by atoms with Crippen molar-refractivity contribution in [1.29, 1.82) is 0 Å². The maximum Gasteiger partial charge on any atom is -0.0357 e. The van der Waals surface area contributed by atoms with E-state index in [1.807, 2.05) is 0 Å². The first-order valence-corrected chi connectivity index (χ1v) is 5.59. The van der Waals surface area contributed by atoms with Crippen LogP contribution < -0.4 is 0 Å². The van der Waals surface area contributed by atoms with Crippen LogP contribution in [0.25, 0.3) is 0 Å². The van der Waals surface area contributed by atoms with Gasteiger partial charge in [0.05, 0.1) is 0 Å². The van der Waals surface area contributed by atoms with Crippen molar-refractivity contribution >= 4 is 0 Å². The maximum absolute atomic E-state index is 2.45.